The maximum absolute atomic E-state index is 10.8. The third-order valence-corrected chi connectivity index (χ3v) is 2.73. The standard InChI is InChI=1S/C10H5ClN2O4/c11-10-7-4-2-1-3-6(7)8(12(14)15)5-9(10)13(16)17/h1-5H. The Hall–Kier alpha value is -2.21. The Balaban J connectivity index is 2.94. The molecule has 0 radical (unpaired) electrons. The van der Waals surface area contributed by atoms with Crippen LogP contribution in [0.3, 0.4) is 0 Å². The van der Waals surface area contributed by atoms with E-state index in [-0.39, 0.29) is 16.1 Å². The highest BCUT2D eigenvalue weighted by atomic mass is 35.5. The Morgan fingerprint density at radius 2 is 1.47 bits per heavy atom. The van der Waals surface area contributed by atoms with Gasteiger partial charge in [-0.2, -0.15) is 0 Å². The summed E-state index contributed by atoms with van der Waals surface area (Å²) in [6.45, 7) is 0. The predicted octanol–water partition coefficient (Wildman–Crippen LogP) is 3.31. The van der Waals surface area contributed by atoms with Crippen molar-refractivity contribution >= 4 is 33.7 Å². The third-order valence-electron chi connectivity index (χ3n) is 2.33. The van der Waals surface area contributed by atoms with E-state index >= 15 is 0 Å². The molecule has 6 nitrogen and oxygen atoms in total. The summed E-state index contributed by atoms with van der Waals surface area (Å²) in [7, 11) is 0. The SMILES string of the molecule is O=[N+]([O-])c1cc([N+](=O)[O-])c2ccccc2c1Cl. The lowest BCUT2D eigenvalue weighted by Gasteiger charge is -2.02. The fraction of sp³-hybridized carbons (Fsp3) is 0. The van der Waals surface area contributed by atoms with Crippen molar-refractivity contribution < 1.29 is 9.85 Å². The molecule has 0 heterocycles. The first-order valence-electron chi connectivity index (χ1n) is 4.52. The summed E-state index contributed by atoms with van der Waals surface area (Å²) >= 11 is 5.85. The first kappa shape index (κ1) is 11.3. The van der Waals surface area contributed by atoms with Gasteiger partial charge in [0.1, 0.15) is 5.02 Å². The van der Waals surface area contributed by atoms with E-state index in [9.17, 15) is 20.2 Å². The number of non-ortho nitro benzene ring substituents is 1. The summed E-state index contributed by atoms with van der Waals surface area (Å²) in [5.74, 6) is 0. The largest absolute Gasteiger partial charge is 0.295 e. The molecule has 0 saturated heterocycles. The van der Waals surface area contributed by atoms with E-state index in [1.54, 1.807) is 12.1 Å². The van der Waals surface area contributed by atoms with Crippen LogP contribution in [0.15, 0.2) is 30.3 Å². The molecule has 0 spiro atoms. The molecule has 0 atom stereocenters. The van der Waals surface area contributed by atoms with Crippen LogP contribution in [0.2, 0.25) is 5.02 Å². The first-order chi connectivity index (χ1) is 8.02. The van der Waals surface area contributed by atoms with Gasteiger partial charge in [-0.25, -0.2) is 0 Å². The Morgan fingerprint density at radius 1 is 0.941 bits per heavy atom. The van der Waals surface area contributed by atoms with Crippen LogP contribution in [0, 0.1) is 20.2 Å². The van der Waals surface area contributed by atoms with Crippen molar-refractivity contribution in [1.82, 2.24) is 0 Å². The molecule has 0 aliphatic carbocycles. The van der Waals surface area contributed by atoms with Gasteiger partial charge in [0.05, 0.1) is 21.3 Å². The average Bonchev–Trinajstić information content (AvgIpc) is 2.29. The van der Waals surface area contributed by atoms with Gasteiger partial charge in [-0.05, 0) is 6.07 Å². The molecule has 0 unspecified atom stereocenters. The maximum Gasteiger partial charge on any atom is 0.295 e. The number of benzene rings is 2. The molecule has 0 amide bonds. The van der Waals surface area contributed by atoms with Gasteiger partial charge in [-0.1, -0.05) is 29.8 Å². The topological polar surface area (TPSA) is 86.3 Å². The van der Waals surface area contributed by atoms with E-state index in [1.165, 1.54) is 12.1 Å². The van der Waals surface area contributed by atoms with Gasteiger partial charge in [0.15, 0.2) is 0 Å². The molecule has 0 fully saturated rings. The van der Waals surface area contributed by atoms with Crippen LogP contribution in [-0.2, 0) is 0 Å². The van der Waals surface area contributed by atoms with Gasteiger partial charge in [0.25, 0.3) is 11.4 Å². The average molecular weight is 253 g/mol. The highest BCUT2D eigenvalue weighted by Gasteiger charge is 2.23. The highest BCUT2D eigenvalue weighted by molar-refractivity contribution is 6.38. The van der Waals surface area contributed by atoms with E-state index < -0.39 is 15.5 Å². The molecule has 2 aromatic carbocycles. The number of hydrogen-bond acceptors (Lipinski definition) is 4. The van der Waals surface area contributed by atoms with E-state index in [4.69, 9.17) is 11.6 Å². The lowest BCUT2D eigenvalue weighted by atomic mass is 10.1. The third kappa shape index (κ3) is 1.78. The minimum absolute atomic E-state index is 0.0869. The van der Waals surface area contributed by atoms with E-state index in [1.807, 2.05) is 0 Å². The van der Waals surface area contributed by atoms with Crippen molar-refractivity contribution in [3.05, 3.63) is 55.6 Å². The van der Waals surface area contributed by atoms with E-state index in [0.29, 0.717) is 5.39 Å². The van der Waals surface area contributed by atoms with Gasteiger partial charge < -0.3 is 0 Å². The molecular weight excluding hydrogens is 248 g/mol. The van der Waals surface area contributed by atoms with E-state index in [2.05, 4.69) is 0 Å². The number of hydrogen-bond donors (Lipinski definition) is 0. The lowest BCUT2D eigenvalue weighted by Crippen LogP contribution is -1.95. The fourth-order valence-electron chi connectivity index (χ4n) is 1.59. The van der Waals surface area contributed by atoms with Gasteiger partial charge in [-0.15, -0.1) is 0 Å². The zero-order valence-corrected chi connectivity index (χ0v) is 9.05. The van der Waals surface area contributed by atoms with Crippen molar-refractivity contribution in [2.75, 3.05) is 0 Å². The Morgan fingerprint density at radius 3 is 2.00 bits per heavy atom. The maximum atomic E-state index is 10.8. The summed E-state index contributed by atoms with van der Waals surface area (Å²) in [4.78, 5) is 20.2. The monoisotopic (exact) mass is 252 g/mol. The van der Waals surface area contributed by atoms with Crippen molar-refractivity contribution in [1.29, 1.82) is 0 Å². The summed E-state index contributed by atoms with van der Waals surface area (Å²) < 4.78 is 0. The van der Waals surface area contributed by atoms with Crippen LogP contribution in [0.4, 0.5) is 11.4 Å². The Bertz CT molecular complexity index is 641. The second-order valence-corrected chi connectivity index (χ2v) is 3.67. The second-order valence-electron chi connectivity index (χ2n) is 3.29. The molecule has 0 aliphatic rings. The molecule has 2 aromatic rings. The zero-order valence-electron chi connectivity index (χ0n) is 8.29. The fourth-order valence-corrected chi connectivity index (χ4v) is 1.88. The molecule has 0 bridgehead atoms. The van der Waals surface area contributed by atoms with Gasteiger partial charge in [0, 0.05) is 5.39 Å². The molecule has 0 aliphatic heterocycles. The van der Waals surface area contributed by atoms with Crippen LogP contribution in [0.1, 0.15) is 0 Å². The highest BCUT2D eigenvalue weighted by Crippen LogP contribution is 2.38. The predicted molar refractivity (Wildman–Crippen MR) is 62.3 cm³/mol. The molecular formula is C10H5ClN2O4. The number of fused-ring (bicyclic) bond motifs is 1. The molecule has 0 aromatic heterocycles. The molecule has 17 heavy (non-hydrogen) atoms. The number of nitro groups is 2. The minimum atomic E-state index is -0.734. The summed E-state index contributed by atoms with van der Waals surface area (Å²) in [5, 5.41) is 22.1. The van der Waals surface area contributed by atoms with E-state index in [0.717, 1.165) is 6.07 Å². The van der Waals surface area contributed by atoms with Crippen LogP contribution < -0.4 is 0 Å². The summed E-state index contributed by atoms with van der Waals surface area (Å²) in [6, 6.07) is 7.12. The molecule has 7 heteroatoms. The number of nitro benzene ring substituents is 2. The quantitative estimate of drug-likeness (QED) is 0.606. The Labute approximate surface area is 99.7 Å². The summed E-state index contributed by atoms with van der Waals surface area (Å²) in [6.07, 6.45) is 0. The van der Waals surface area contributed by atoms with Gasteiger partial charge in [0.2, 0.25) is 0 Å². The Kier molecular flexibility index (Phi) is 2.64. The number of nitrogens with zero attached hydrogens (tertiary/aromatic N) is 2. The molecule has 0 saturated carbocycles. The first-order valence-corrected chi connectivity index (χ1v) is 4.90. The lowest BCUT2D eigenvalue weighted by molar-refractivity contribution is -0.392. The number of rotatable bonds is 2. The molecule has 86 valence electrons. The van der Waals surface area contributed by atoms with Crippen molar-refractivity contribution in [2.24, 2.45) is 0 Å². The minimum Gasteiger partial charge on any atom is -0.258 e. The molecule has 2 rings (SSSR count). The van der Waals surface area contributed by atoms with Crippen LogP contribution in [0.25, 0.3) is 10.8 Å². The second kappa shape index (κ2) is 3.99. The number of halogens is 1. The van der Waals surface area contributed by atoms with Crippen LogP contribution >= 0.6 is 11.6 Å². The van der Waals surface area contributed by atoms with Crippen LogP contribution in [-0.4, -0.2) is 9.85 Å². The summed E-state index contributed by atoms with van der Waals surface area (Å²) in [5.41, 5.74) is -0.784. The smallest absolute Gasteiger partial charge is 0.258 e. The van der Waals surface area contributed by atoms with Crippen molar-refractivity contribution in [3.8, 4) is 0 Å². The van der Waals surface area contributed by atoms with Gasteiger partial charge >= 0.3 is 0 Å². The molecule has 0 N–H and O–H groups in total. The van der Waals surface area contributed by atoms with Crippen molar-refractivity contribution in [2.45, 2.75) is 0 Å². The normalized spacial score (nSPS) is 10.4. The van der Waals surface area contributed by atoms with Crippen LogP contribution in [0.5, 0.6) is 0 Å². The van der Waals surface area contributed by atoms with Gasteiger partial charge in [-0.3, -0.25) is 20.2 Å². The zero-order chi connectivity index (χ0) is 12.6. The van der Waals surface area contributed by atoms with Crippen molar-refractivity contribution in [3.63, 3.8) is 0 Å².